The van der Waals surface area contributed by atoms with Crippen LogP contribution in [0.1, 0.15) is 33.6 Å². The predicted octanol–water partition coefficient (Wildman–Crippen LogP) is 1.93. The summed E-state index contributed by atoms with van der Waals surface area (Å²) in [6, 6.07) is 0. The summed E-state index contributed by atoms with van der Waals surface area (Å²) in [6.07, 6.45) is 3.60. The van der Waals surface area contributed by atoms with Crippen molar-refractivity contribution in [3.05, 3.63) is 0 Å². The highest BCUT2D eigenvalue weighted by Crippen LogP contribution is 2.06. The van der Waals surface area contributed by atoms with E-state index in [2.05, 4.69) is 26.1 Å². The molecule has 0 bridgehead atoms. The first-order chi connectivity index (χ1) is 7.21. The normalized spacial score (nSPS) is 13.0. The fourth-order valence-electron chi connectivity index (χ4n) is 1.10. The van der Waals surface area contributed by atoms with Crippen molar-refractivity contribution in [2.45, 2.75) is 39.2 Å². The summed E-state index contributed by atoms with van der Waals surface area (Å²) in [4.78, 5) is 0. The van der Waals surface area contributed by atoms with E-state index in [0.717, 1.165) is 30.9 Å². The lowest BCUT2D eigenvalue weighted by atomic mass is 10.1. The average molecular weight is 267 g/mol. The van der Waals surface area contributed by atoms with Crippen molar-refractivity contribution in [3.8, 4) is 0 Å². The molecule has 0 radical (unpaired) electrons. The van der Waals surface area contributed by atoms with Crippen molar-refractivity contribution in [1.29, 1.82) is 0 Å². The molecule has 0 saturated heterocycles. The van der Waals surface area contributed by atoms with E-state index >= 15 is 0 Å². The van der Waals surface area contributed by atoms with E-state index in [0.29, 0.717) is 5.75 Å². The Hall–Kier alpha value is 0.260. The third-order valence-corrected chi connectivity index (χ3v) is 4.24. The molecular formula is C11H25NO2S2. The Kier molecular flexibility index (Phi) is 7.68. The topological polar surface area (TPSA) is 46.2 Å². The van der Waals surface area contributed by atoms with Gasteiger partial charge in [-0.25, -0.2) is 8.42 Å². The Balaban J connectivity index is 3.23. The number of unbranched alkanes of at least 4 members (excludes halogenated alkanes) is 1. The van der Waals surface area contributed by atoms with Crippen LogP contribution in [0, 0.1) is 0 Å². The Morgan fingerprint density at radius 3 is 2.25 bits per heavy atom. The zero-order chi connectivity index (χ0) is 12.7. The first-order valence-corrected chi connectivity index (χ1v) is 8.93. The number of nitrogens with one attached hydrogen (secondary N) is 1. The molecule has 0 unspecified atom stereocenters. The Morgan fingerprint density at radius 2 is 1.75 bits per heavy atom. The van der Waals surface area contributed by atoms with Gasteiger partial charge in [-0.3, -0.25) is 0 Å². The lowest BCUT2D eigenvalue weighted by molar-refractivity contribution is 0.421. The summed E-state index contributed by atoms with van der Waals surface area (Å²) in [7, 11) is -2.77. The van der Waals surface area contributed by atoms with Gasteiger partial charge < -0.3 is 5.32 Å². The lowest BCUT2D eigenvalue weighted by Crippen LogP contribution is -2.36. The van der Waals surface area contributed by atoms with Gasteiger partial charge in [0.15, 0.2) is 0 Å². The van der Waals surface area contributed by atoms with E-state index in [9.17, 15) is 8.42 Å². The van der Waals surface area contributed by atoms with E-state index in [4.69, 9.17) is 0 Å². The van der Waals surface area contributed by atoms with Gasteiger partial charge in [0, 0.05) is 17.5 Å². The molecule has 0 aliphatic carbocycles. The molecule has 0 atom stereocenters. The minimum absolute atomic E-state index is 0.198. The van der Waals surface area contributed by atoms with Crippen LogP contribution < -0.4 is 5.32 Å². The van der Waals surface area contributed by atoms with E-state index in [1.807, 2.05) is 0 Å². The molecule has 0 heterocycles. The maximum Gasteiger partial charge on any atom is 0.148 e. The smallest absolute Gasteiger partial charge is 0.148 e. The van der Waals surface area contributed by atoms with Crippen LogP contribution in [0.15, 0.2) is 0 Å². The average Bonchev–Trinajstić information content (AvgIpc) is 2.06. The number of sulfone groups is 1. The molecule has 3 nitrogen and oxygen atoms in total. The number of hydrogen-bond acceptors (Lipinski definition) is 4. The van der Waals surface area contributed by atoms with Crippen molar-refractivity contribution in [2.24, 2.45) is 0 Å². The third-order valence-electron chi connectivity index (χ3n) is 1.97. The van der Waals surface area contributed by atoms with E-state index < -0.39 is 9.84 Å². The van der Waals surface area contributed by atoms with Crippen molar-refractivity contribution in [2.75, 3.05) is 30.1 Å². The molecule has 0 saturated carbocycles. The fraction of sp³-hybridized carbons (Fsp3) is 1.00. The highest BCUT2D eigenvalue weighted by molar-refractivity contribution is 8.00. The molecule has 0 aromatic carbocycles. The van der Waals surface area contributed by atoms with Crippen LogP contribution in [-0.4, -0.2) is 44.0 Å². The molecule has 1 N–H and O–H groups in total. The fourth-order valence-corrected chi connectivity index (χ4v) is 3.40. The molecule has 0 rings (SSSR count). The quantitative estimate of drug-likeness (QED) is 0.683. The van der Waals surface area contributed by atoms with E-state index in [1.54, 1.807) is 11.8 Å². The van der Waals surface area contributed by atoms with Crippen LogP contribution in [0.25, 0.3) is 0 Å². The van der Waals surface area contributed by atoms with Gasteiger partial charge >= 0.3 is 0 Å². The molecule has 0 aromatic rings. The Bertz CT molecular complexity index is 268. The number of thioether (sulfide) groups is 1. The summed E-state index contributed by atoms with van der Waals surface area (Å²) in [5.74, 6) is 2.09. The minimum atomic E-state index is -2.77. The van der Waals surface area contributed by atoms with Crippen LogP contribution in [-0.2, 0) is 9.84 Å². The molecular weight excluding hydrogens is 242 g/mol. The second-order valence-electron chi connectivity index (χ2n) is 5.13. The van der Waals surface area contributed by atoms with Gasteiger partial charge in [0.2, 0.25) is 0 Å². The maximum atomic E-state index is 10.9. The highest BCUT2D eigenvalue weighted by atomic mass is 32.2. The second-order valence-corrected chi connectivity index (χ2v) is 8.61. The largest absolute Gasteiger partial charge is 0.312 e. The van der Waals surface area contributed by atoms with Crippen LogP contribution in [0.4, 0.5) is 0 Å². The van der Waals surface area contributed by atoms with Crippen molar-refractivity contribution >= 4 is 21.6 Å². The molecule has 16 heavy (non-hydrogen) atoms. The first kappa shape index (κ1) is 16.3. The SMILES string of the molecule is CC(C)(C)NCCCCSCCS(C)(=O)=O. The Morgan fingerprint density at radius 1 is 1.12 bits per heavy atom. The third kappa shape index (κ3) is 14.3. The van der Waals surface area contributed by atoms with Gasteiger partial charge in [-0.2, -0.15) is 11.8 Å². The van der Waals surface area contributed by atoms with Gasteiger partial charge in [0.05, 0.1) is 5.75 Å². The van der Waals surface area contributed by atoms with E-state index in [-0.39, 0.29) is 5.54 Å². The molecule has 0 aliphatic rings. The van der Waals surface area contributed by atoms with Crippen LogP contribution in [0.3, 0.4) is 0 Å². The zero-order valence-electron chi connectivity index (χ0n) is 10.9. The monoisotopic (exact) mass is 267 g/mol. The summed E-state index contributed by atoms with van der Waals surface area (Å²) < 4.78 is 21.7. The zero-order valence-corrected chi connectivity index (χ0v) is 12.5. The standard InChI is InChI=1S/C11H25NO2S2/c1-11(2,3)12-7-5-6-8-15-9-10-16(4,13)14/h12H,5-10H2,1-4H3. The van der Waals surface area contributed by atoms with E-state index in [1.165, 1.54) is 6.26 Å². The van der Waals surface area contributed by atoms with Crippen molar-refractivity contribution in [1.82, 2.24) is 5.32 Å². The van der Waals surface area contributed by atoms with Gasteiger partial charge in [-0.1, -0.05) is 0 Å². The summed E-state index contributed by atoms with van der Waals surface area (Å²) >= 11 is 1.73. The van der Waals surface area contributed by atoms with Gasteiger partial charge in [-0.15, -0.1) is 0 Å². The molecule has 0 aliphatic heterocycles. The van der Waals surface area contributed by atoms with Crippen molar-refractivity contribution in [3.63, 3.8) is 0 Å². The second kappa shape index (κ2) is 7.56. The lowest BCUT2D eigenvalue weighted by Gasteiger charge is -2.20. The van der Waals surface area contributed by atoms with Crippen LogP contribution in [0.2, 0.25) is 0 Å². The summed E-state index contributed by atoms with van der Waals surface area (Å²) in [5, 5.41) is 3.43. The Labute approximate surface area is 105 Å². The highest BCUT2D eigenvalue weighted by Gasteiger charge is 2.07. The van der Waals surface area contributed by atoms with Crippen LogP contribution >= 0.6 is 11.8 Å². The van der Waals surface area contributed by atoms with Gasteiger partial charge in [-0.05, 0) is 45.9 Å². The first-order valence-electron chi connectivity index (χ1n) is 5.71. The molecule has 5 heteroatoms. The molecule has 98 valence electrons. The van der Waals surface area contributed by atoms with Gasteiger partial charge in [0.1, 0.15) is 9.84 Å². The maximum absolute atomic E-state index is 10.9. The molecule has 0 amide bonds. The number of hydrogen-bond donors (Lipinski definition) is 1. The molecule has 0 spiro atoms. The molecule has 0 fully saturated rings. The van der Waals surface area contributed by atoms with Crippen molar-refractivity contribution < 1.29 is 8.42 Å². The summed E-state index contributed by atoms with van der Waals surface area (Å²) in [5.41, 5.74) is 0.198. The summed E-state index contributed by atoms with van der Waals surface area (Å²) in [6.45, 7) is 7.52. The van der Waals surface area contributed by atoms with Crippen LogP contribution in [0.5, 0.6) is 0 Å². The predicted molar refractivity (Wildman–Crippen MR) is 74.0 cm³/mol. The number of rotatable bonds is 8. The molecule has 0 aromatic heterocycles. The van der Waals surface area contributed by atoms with Gasteiger partial charge in [0.25, 0.3) is 0 Å². The minimum Gasteiger partial charge on any atom is -0.312 e.